The van der Waals surface area contributed by atoms with E-state index in [1.807, 2.05) is 49.4 Å². The van der Waals surface area contributed by atoms with Crippen LogP contribution < -0.4 is 24.7 Å². The van der Waals surface area contributed by atoms with Crippen molar-refractivity contribution in [3.05, 3.63) is 111 Å². The van der Waals surface area contributed by atoms with Crippen molar-refractivity contribution in [1.82, 2.24) is 9.36 Å². The molecule has 11 heteroatoms. The first-order valence-electron chi connectivity index (χ1n) is 13.6. The van der Waals surface area contributed by atoms with Gasteiger partial charge in [-0.05, 0) is 73.5 Å². The molecule has 44 heavy (non-hydrogen) atoms. The molecule has 1 aliphatic heterocycles. The van der Waals surface area contributed by atoms with Crippen LogP contribution in [-0.4, -0.2) is 39.3 Å². The van der Waals surface area contributed by atoms with Crippen molar-refractivity contribution >= 4 is 58.0 Å². The van der Waals surface area contributed by atoms with Gasteiger partial charge >= 0.3 is 5.97 Å². The summed E-state index contributed by atoms with van der Waals surface area (Å²) < 4.78 is 19.9. The molecule has 224 valence electrons. The number of ether oxygens (including phenoxy) is 3. The molecule has 5 rings (SSSR count). The first kappa shape index (κ1) is 30.6. The quantitative estimate of drug-likeness (QED) is 0.0979. The van der Waals surface area contributed by atoms with Gasteiger partial charge in [-0.1, -0.05) is 60.4 Å². The number of para-hydroxylation sites is 1. The molecule has 1 saturated heterocycles. The number of carbonyl (C=O) groups is 2. The van der Waals surface area contributed by atoms with Gasteiger partial charge in [0.2, 0.25) is 0 Å². The molecule has 1 aromatic heterocycles. The molecule has 0 unspecified atom stereocenters. The van der Waals surface area contributed by atoms with Gasteiger partial charge in [-0.3, -0.25) is 19.2 Å². The van der Waals surface area contributed by atoms with Gasteiger partial charge in [-0.25, -0.2) is 9.48 Å². The number of rotatable bonds is 9. The van der Waals surface area contributed by atoms with Crippen LogP contribution >= 0.6 is 24.0 Å². The number of hydrogen-bond acceptors (Lipinski definition) is 8. The van der Waals surface area contributed by atoms with Crippen molar-refractivity contribution in [2.24, 2.45) is 7.05 Å². The van der Waals surface area contributed by atoms with E-state index in [0.717, 1.165) is 23.1 Å². The van der Waals surface area contributed by atoms with Crippen LogP contribution in [0.1, 0.15) is 23.7 Å². The summed E-state index contributed by atoms with van der Waals surface area (Å²) in [5.41, 5.74) is 2.58. The third-order valence-electron chi connectivity index (χ3n) is 6.84. The lowest BCUT2D eigenvalue weighted by Gasteiger charge is -2.12. The third-order valence-corrected chi connectivity index (χ3v) is 8.15. The third kappa shape index (κ3) is 6.24. The van der Waals surface area contributed by atoms with E-state index < -0.39 is 11.9 Å². The summed E-state index contributed by atoms with van der Waals surface area (Å²) in [4.78, 5) is 41.3. The molecule has 0 saturated carbocycles. The number of thiocarbonyl (C=S) groups is 1. The molecule has 2 heterocycles. The highest BCUT2D eigenvalue weighted by molar-refractivity contribution is 8.27. The van der Waals surface area contributed by atoms with E-state index in [1.54, 1.807) is 68.2 Å². The van der Waals surface area contributed by atoms with Crippen molar-refractivity contribution in [2.75, 3.05) is 18.6 Å². The van der Waals surface area contributed by atoms with Crippen LogP contribution in [-0.2, 0) is 16.6 Å². The maximum Gasteiger partial charge on any atom is 0.336 e. The van der Waals surface area contributed by atoms with Crippen LogP contribution in [0.15, 0.2) is 88.6 Å². The highest BCUT2D eigenvalue weighted by atomic mass is 32.2. The molecule has 0 bridgehead atoms. The van der Waals surface area contributed by atoms with Gasteiger partial charge in [-0.2, -0.15) is 0 Å². The molecule has 0 radical (unpaired) electrons. The Hall–Kier alpha value is -4.87. The van der Waals surface area contributed by atoms with Crippen molar-refractivity contribution in [3.8, 4) is 22.9 Å². The average Bonchev–Trinajstić information content (AvgIpc) is 3.42. The summed E-state index contributed by atoms with van der Waals surface area (Å²) in [6.45, 7) is 3.93. The second kappa shape index (κ2) is 13.2. The lowest BCUT2D eigenvalue weighted by atomic mass is 10.1. The number of anilines is 1. The molecule has 0 spiro atoms. The van der Waals surface area contributed by atoms with Crippen molar-refractivity contribution in [2.45, 2.75) is 13.8 Å². The maximum absolute atomic E-state index is 13.6. The summed E-state index contributed by atoms with van der Waals surface area (Å²) in [7, 11) is 3.35. The van der Waals surface area contributed by atoms with Crippen molar-refractivity contribution < 1.29 is 23.8 Å². The van der Waals surface area contributed by atoms with Gasteiger partial charge in [0.15, 0.2) is 15.8 Å². The monoisotopic (exact) mass is 627 g/mol. The Morgan fingerprint density at radius 3 is 2.36 bits per heavy atom. The van der Waals surface area contributed by atoms with E-state index in [9.17, 15) is 14.4 Å². The maximum atomic E-state index is 13.6. The molecule has 1 fully saturated rings. The van der Waals surface area contributed by atoms with Gasteiger partial charge in [-0.15, -0.1) is 0 Å². The van der Waals surface area contributed by atoms with Crippen LogP contribution in [0, 0.1) is 6.92 Å². The zero-order valence-corrected chi connectivity index (χ0v) is 26.1. The van der Waals surface area contributed by atoms with E-state index in [1.165, 1.54) is 15.7 Å². The van der Waals surface area contributed by atoms with Gasteiger partial charge in [0, 0.05) is 13.1 Å². The molecule has 0 aliphatic carbocycles. The van der Waals surface area contributed by atoms with Crippen LogP contribution in [0.25, 0.3) is 17.8 Å². The predicted molar refractivity (Wildman–Crippen MR) is 177 cm³/mol. The molecule has 3 aromatic carbocycles. The number of nitrogens with zero attached hydrogens (tertiary/aromatic N) is 3. The Balaban J connectivity index is 1.38. The minimum atomic E-state index is -0.574. The van der Waals surface area contributed by atoms with Gasteiger partial charge in [0.25, 0.3) is 11.5 Å². The van der Waals surface area contributed by atoms with Crippen LogP contribution in [0.4, 0.5) is 5.69 Å². The zero-order valence-electron chi connectivity index (χ0n) is 24.5. The fraction of sp³-hybridized carbons (Fsp3) is 0.152. The number of esters is 1. The Labute approximate surface area is 263 Å². The molecule has 0 atom stereocenters. The van der Waals surface area contributed by atoms with Crippen LogP contribution in [0.2, 0.25) is 0 Å². The number of thioether (sulfide) groups is 1. The summed E-state index contributed by atoms with van der Waals surface area (Å²) in [6.07, 6.45) is 4.64. The molecular formula is C33H29N3O6S2. The number of benzene rings is 3. The normalized spacial score (nSPS) is 14.1. The SMILES string of the molecule is CCOc1cc(C=C2SC(=S)N(c3c(C)n(C)n(-c4ccccc4)c3=O)C2=O)ccc1OC(=O)C=Cc1ccc(OC)cc1. The van der Waals surface area contributed by atoms with Gasteiger partial charge < -0.3 is 14.2 Å². The molecular weight excluding hydrogens is 599 g/mol. The van der Waals surface area contributed by atoms with Crippen molar-refractivity contribution in [3.63, 3.8) is 0 Å². The summed E-state index contributed by atoms with van der Waals surface area (Å²) in [6, 6.07) is 21.4. The minimum absolute atomic E-state index is 0.210. The molecule has 1 amide bonds. The summed E-state index contributed by atoms with van der Waals surface area (Å²) in [5.74, 6) is 0.322. The Bertz CT molecular complexity index is 1860. The van der Waals surface area contributed by atoms with Gasteiger partial charge in [0.1, 0.15) is 11.4 Å². The molecule has 4 aromatic rings. The summed E-state index contributed by atoms with van der Waals surface area (Å²) >= 11 is 6.67. The van der Waals surface area contributed by atoms with E-state index in [4.69, 9.17) is 26.4 Å². The second-order valence-corrected chi connectivity index (χ2v) is 11.3. The smallest absolute Gasteiger partial charge is 0.336 e. The standard InChI is InChI=1S/C33H29N3O6S2/c1-5-41-27-19-23(13-17-26(27)42-29(37)18-14-22-11-15-25(40-4)16-12-22)20-28-31(38)35(33(43)44-28)30-21(2)34(3)36(32(30)39)24-9-7-6-8-10-24/h6-20H,5H2,1-4H3. The highest BCUT2D eigenvalue weighted by Gasteiger charge is 2.37. The number of carbonyl (C=O) groups excluding carboxylic acids is 2. The van der Waals surface area contributed by atoms with E-state index >= 15 is 0 Å². The largest absolute Gasteiger partial charge is 0.497 e. The van der Waals surface area contributed by atoms with Crippen LogP contribution in [0.3, 0.4) is 0 Å². The topological polar surface area (TPSA) is 92.0 Å². The van der Waals surface area contributed by atoms with E-state index in [-0.39, 0.29) is 21.3 Å². The van der Waals surface area contributed by atoms with E-state index in [2.05, 4.69) is 0 Å². The fourth-order valence-corrected chi connectivity index (χ4v) is 5.88. The summed E-state index contributed by atoms with van der Waals surface area (Å²) in [5, 5.41) is 0. The first-order chi connectivity index (χ1) is 21.2. The minimum Gasteiger partial charge on any atom is -0.497 e. The first-order valence-corrected chi connectivity index (χ1v) is 14.9. The van der Waals surface area contributed by atoms with Crippen molar-refractivity contribution in [1.29, 1.82) is 0 Å². The number of hydrogen-bond donors (Lipinski definition) is 0. The van der Waals surface area contributed by atoms with Crippen LogP contribution in [0.5, 0.6) is 17.2 Å². The number of amides is 1. The molecule has 1 aliphatic rings. The average molecular weight is 628 g/mol. The lowest BCUT2D eigenvalue weighted by molar-refractivity contribution is -0.129. The molecule has 9 nitrogen and oxygen atoms in total. The van der Waals surface area contributed by atoms with Gasteiger partial charge in [0.05, 0.1) is 30.0 Å². The lowest BCUT2D eigenvalue weighted by Crippen LogP contribution is -2.33. The predicted octanol–water partition coefficient (Wildman–Crippen LogP) is 5.92. The Morgan fingerprint density at radius 1 is 0.977 bits per heavy atom. The molecule has 0 N–H and O–H groups in total. The van der Waals surface area contributed by atoms with E-state index in [0.29, 0.717) is 34.2 Å². The fourth-order valence-electron chi connectivity index (χ4n) is 4.61. The Morgan fingerprint density at radius 2 is 1.68 bits per heavy atom. The Kier molecular flexibility index (Phi) is 9.17. The second-order valence-electron chi connectivity index (χ2n) is 9.59. The number of aromatic nitrogens is 2. The zero-order chi connectivity index (χ0) is 31.4. The highest BCUT2D eigenvalue weighted by Crippen LogP contribution is 2.37. The number of methoxy groups -OCH3 is 1.